The van der Waals surface area contributed by atoms with Crippen LogP contribution in [0.4, 0.5) is 5.13 Å². The molecule has 4 atom stereocenters. The fraction of sp³-hybridized carbons (Fsp3) is 0.407. The molecule has 4 rings (SSSR count). The van der Waals surface area contributed by atoms with Crippen LogP contribution in [0.25, 0.3) is 0 Å². The second kappa shape index (κ2) is 14.7. The second-order valence-electron chi connectivity index (χ2n) is 11.0. The number of nitrogens with one attached hydrogen (secondary N) is 2. The lowest BCUT2D eigenvalue weighted by Crippen LogP contribution is -2.68. The number of nitrogens with two attached hydrogens (primary N) is 1. The zero-order chi connectivity index (χ0) is 36.4. The van der Waals surface area contributed by atoms with E-state index in [-0.39, 0.29) is 35.3 Å². The molecule has 2 fully saturated rings. The van der Waals surface area contributed by atoms with Gasteiger partial charge in [0, 0.05) is 18.2 Å². The first kappa shape index (κ1) is 37.5. The lowest BCUT2D eigenvalue weighted by Gasteiger charge is -2.41. The number of rotatable bonds is 15. The van der Waals surface area contributed by atoms with Gasteiger partial charge in [-0.2, -0.15) is 0 Å². The van der Waals surface area contributed by atoms with Crippen LogP contribution < -0.4 is 16.4 Å². The molecule has 49 heavy (non-hydrogen) atoms. The standard InChI is InChI=1S/C27H29ClN6O12S3/c1-26(2,23(41)42)46-33-15(12-8-47-25(29)31-12)19(38)32-16-21(40)34-9-27(24(43)44,49-22(16)34)48-7-10(6-45-3)30-20(39)17(36)11-4-5-13(35)18(37)14(11)28/h4-5,8,10,16,22,35,37H,6-7,9H2,1-3H3,(H2,29,31)(H,30,39)(H,32,38)(H,41,42)(H,43,44)/b33-15-/t10-,16-,22-,27-/m1/s1. The average Bonchev–Trinajstić information content (AvgIpc) is 3.63. The summed E-state index contributed by atoms with van der Waals surface area (Å²) in [7, 11) is 1.32. The molecular formula is C27H29ClN6O12S3. The van der Waals surface area contributed by atoms with Gasteiger partial charge >= 0.3 is 11.9 Å². The van der Waals surface area contributed by atoms with Crippen molar-refractivity contribution in [1.82, 2.24) is 20.5 Å². The van der Waals surface area contributed by atoms with E-state index in [1.807, 2.05) is 0 Å². The number of carbonyl (C=O) groups is 6. The molecule has 2 aromatic rings. The third-order valence-electron chi connectivity index (χ3n) is 7.07. The number of halogens is 1. The van der Waals surface area contributed by atoms with E-state index >= 15 is 0 Å². The minimum Gasteiger partial charge on any atom is -0.504 e. The van der Waals surface area contributed by atoms with Crippen LogP contribution >= 0.6 is 46.5 Å². The van der Waals surface area contributed by atoms with E-state index in [1.54, 1.807) is 0 Å². The molecule has 0 saturated carbocycles. The highest BCUT2D eigenvalue weighted by molar-refractivity contribution is 8.20. The van der Waals surface area contributed by atoms with Gasteiger partial charge in [0.05, 0.1) is 29.8 Å². The normalized spacial score (nSPS) is 20.9. The van der Waals surface area contributed by atoms with E-state index in [0.29, 0.717) is 0 Å². The molecule has 8 N–H and O–H groups in total. The summed E-state index contributed by atoms with van der Waals surface area (Å²) in [6.45, 7) is 1.98. The lowest BCUT2D eigenvalue weighted by atomic mass is 10.1. The van der Waals surface area contributed by atoms with Crippen molar-refractivity contribution < 1.29 is 58.8 Å². The second-order valence-corrected chi connectivity index (χ2v) is 15.2. The maximum Gasteiger partial charge on any atom is 0.350 e. The number of hydrogen-bond acceptors (Lipinski definition) is 16. The van der Waals surface area contributed by atoms with E-state index in [2.05, 4.69) is 20.8 Å². The predicted octanol–water partition coefficient (Wildman–Crippen LogP) is 0.302. The van der Waals surface area contributed by atoms with Gasteiger partial charge in [0.1, 0.15) is 17.1 Å². The quantitative estimate of drug-likeness (QED) is 0.0321. The van der Waals surface area contributed by atoms with Crippen molar-refractivity contribution in [3.63, 3.8) is 0 Å². The molecule has 22 heteroatoms. The van der Waals surface area contributed by atoms with Gasteiger partial charge in [-0.25, -0.2) is 14.6 Å². The smallest absolute Gasteiger partial charge is 0.350 e. The van der Waals surface area contributed by atoms with Crippen molar-refractivity contribution in [2.24, 2.45) is 5.16 Å². The monoisotopic (exact) mass is 760 g/mol. The third-order valence-corrected chi connectivity index (χ3v) is 11.6. The van der Waals surface area contributed by atoms with Crippen molar-refractivity contribution in [1.29, 1.82) is 0 Å². The first-order valence-electron chi connectivity index (χ1n) is 13.8. The maximum atomic E-state index is 13.3. The summed E-state index contributed by atoms with van der Waals surface area (Å²) in [5.74, 6) is -8.00. The number of phenolic OH excluding ortho intramolecular Hbond substituents is 2. The predicted molar refractivity (Wildman–Crippen MR) is 177 cm³/mol. The molecule has 2 saturated heterocycles. The highest BCUT2D eigenvalue weighted by atomic mass is 35.5. The van der Waals surface area contributed by atoms with Crippen molar-refractivity contribution in [2.45, 2.75) is 41.0 Å². The number of carboxylic acids is 2. The van der Waals surface area contributed by atoms with Crippen molar-refractivity contribution in [3.8, 4) is 11.5 Å². The zero-order valence-corrected chi connectivity index (χ0v) is 28.9. The van der Waals surface area contributed by atoms with E-state index in [9.17, 15) is 49.2 Å². The van der Waals surface area contributed by atoms with E-state index in [1.165, 1.54) is 31.2 Å². The Labute approximate surface area is 294 Å². The van der Waals surface area contributed by atoms with Gasteiger partial charge in [-0.15, -0.1) is 34.9 Å². The first-order valence-corrected chi connectivity index (χ1v) is 17.0. The number of Topliss-reactive ketones (excluding diaryl/α,β-unsaturated/α-hetero) is 1. The maximum absolute atomic E-state index is 13.3. The summed E-state index contributed by atoms with van der Waals surface area (Å²) in [5, 5.41) is 47.7. The van der Waals surface area contributed by atoms with Crippen LogP contribution in [0.5, 0.6) is 11.5 Å². The SMILES string of the molecule is COC[C@H](CS[C@]1(C(=O)O)CN2C(=O)[C@@H](NC(=O)/C(=N\OC(C)(C)C(=O)O)c3csc(N)n3)[C@H]2S1)NC(=O)C(=O)c1ccc(O)c(O)c1Cl. The van der Waals surface area contributed by atoms with Crippen molar-refractivity contribution >= 4 is 92.7 Å². The largest absolute Gasteiger partial charge is 0.504 e. The van der Waals surface area contributed by atoms with Gasteiger partial charge in [0.2, 0.25) is 11.5 Å². The van der Waals surface area contributed by atoms with Crippen LogP contribution in [0.1, 0.15) is 29.9 Å². The zero-order valence-electron chi connectivity index (χ0n) is 25.7. The molecule has 0 unspecified atom stereocenters. The van der Waals surface area contributed by atoms with Crippen LogP contribution in [-0.4, -0.2) is 125 Å². The Morgan fingerprint density at radius 3 is 2.53 bits per heavy atom. The van der Waals surface area contributed by atoms with Gasteiger partial charge in [0.25, 0.3) is 17.6 Å². The van der Waals surface area contributed by atoms with Crippen LogP contribution in [0, 0.1) is 0 Å². The fourth-order valence-corrected chi connectivity index (χ4v) is 8.25. The van der Waals surface area contributed by atoms with Gasteiger partial charge in [-0.1, -0.05) is 16.8 Å². The molecule has 18 nitrogen and oxygen atoms in total. The average molecular weight is 761 g/mol. The van der Waals surface area contributed by atoms with Crippen LogP contribution in [0.15, 0.2) is 22.7 Å². The Hall–Kier alpha value is -4.31. The number of thioether (sulfide) groups is 2. The molecule has 2 aliphatic heterocycles. The molecule has 1 aromatic heterocycles. The summed E-state index contributed by atoms with van der Waals surface area (Å²) in [4.78, 5) is 86.3. The summed E-state index contributed by atoms with van der Waals surface area (Å²) < 4.78 is 3.47. The fourth-order valence-electron chi connectivity index (χ4n) is 4.35. The molecule has 0 radical (unpaired) electrons. The van der Waals surface area contributed by atoms with Crippen molar-refractivity contribution in [2.75, 3.05) is 31.7 Å². The minimum atomic E-state index is -1.83. The number of ether oxygens (including phenoxy) is 1. The number of aromatic hydroxyl groups is 2. The number of fused-ring (bicyclic) bond motifs is 1. The third kappa shape index (κ3) is 7.80. The van der Waals surface area contributed by atoms with Crippen LogP contribution in [0.3, 0.4) is 0 Å². The number of aliphatic carboxylic acids is 2. The molecule has 0 bridgehead atoms. The van der Waals surface area contributed by atoms with Gasteiger partial charge < -0.3 is 51.3 Å². The molecule has 264 valence electrons. The number of anilines is 1. The molecule has 3 amide bonds. The number of nitrogen functional groups attached to an aromatic ring is 1. The van der Waals surface area contributed by atoms with Gasteiger partial charge in [-0.05, 0) is 26.0 Å². The van der Waals surface area contributed by atoms with E-state index in [4.69, 9.17) is 26.9 Å². The highest BCUT2D eigenvalue weighted by Crippen LogP contribution is 2.52. The number of thiazole rings is 1. The van der Waals surface area contributed by atoms with Crippen LogP contribution in [0.2, 0.25) is 5.02 Å². The number of hydrogen-bond donors (Lipinski definition) is 7. The number of phenols is 2. The first-order chi connectivity index (χ1) is 22.9. The number of β-lactam (4-membered cyclic amide) rings is 1. The topological polar surface area (TPSA) is 280 Å². The highest BCUT2D eigenvalue weighted by Gasteiger charge is 2.63. The molecule has 2 aliphatic rings. The Balaban J connectivity index is 1.46. The Morgan fingerprint density at radius 1 is 1.24 bits per heavy atom. The van der Waals surface area contributed by atoms with Gasteiger partial charge in [-0.3, -0.25) is 19.2 Å². The minimum absolute atomic E-state index is 0.0477. The molecular weight excluding hydrogens is 732 g/mol. The number of oxime groups is 1. The molecule has 0 spiro atoms. The number of aromatic nitrogens is 1. The molecule has 3 heterocycles. The summed E-state index contributed by atoms with van der Waals surface area (Å²) in [5.41, 5.74) is 2.96. The molecule has 1 aromatic carbocycles. The lowest BCUT2D eigenvalue weighted by molar-refractivity contribution is -0.161. The van der Waals surface area contributed by atoms with Crippen LogP contribution in [-0.2, 0) is 33.5 Å². The molecule has 0 aliphatic carbocycles. The Morgan fingerprint density at radius 2 is 1.94 bits per heavy atom. The van der Waals surface area contributed by atoms with E-state index < -0.39 is 84.8 Å². The number of amides is 3. The number of ketones is 1. The Bertz CT molecular complexity index is 1740. The number of nitrogens with zero attached hydrogens (tertiary/aromatic N) is 3. The summed E-state index contributed by atoms with van der Waals surface area (Å²) >= 11 is 8.62. The Kier molecular flexibility index (Phi) is 11.2. The summed E-state index contributed by atoms with van der Waals surface area (Å²) in [6, 6.07) is -0.0805. The number of carbonyl (C=O) groups excluding carboxylic acids is 4. The van der Waals surface area contributed by atoms with Crippen molar-refractivity contribution in [3.05, 3.63) is 33.8 Å². The number of benzene rings is 1. The summed E-state index contributed by atoms with van der Waals surface area (Å²) in [6.07, 6.45) is 0. The van der Waals surface area contributed by atoms with Gasteiger partial charge in [0.15, 0.2) is 26.4 Å². The number of methoxy groups -OCH3 is 1. The van der Waals surface area contributed by atoms with E-state index in [0.717, 1.165) is 47.0 Å². The number of carboxylic acid groups (broad SMARTS) is 2.